The van der Waals surface area contributed by atoms with Crippen molar-refractivity contribution in [3.05, 3.63) is 60.4 Å². The molecule has 4 nitrogen and oxygen atoms in total. The van der Waals surface area contributed by atoms with E-state index >= 15 is 0 Å². The van der Waals surface area contributed by atoms with Crippen molar-refractivity contribution in [2.45, 2.75) is 27.7 Å². The highest BCUT2D eigenvalue weighted by Crippen LogP contribution is 2.28. The van der Waals surface area contributed by atoms with Gasteiger partial charge in [-0.2, -0.15) is 0 Å². The third-order valence-corrected chi connectivity index (χ3v) is 3.49. The Labute approximate surface area is 152 Å². The molecule has 0 N–H and O–H groups in total. The van der Waals surface area contributed by atoms with E-state index in [0.717, 1.165) is 5.56 Å². The van der Waals surface area contributed by atoms with Crippen LogP contribution in [-0.2, 0) is 9.59 Å². The summed E-state index contributed by atoms with van der Waals surface area (Å²) in [5, 5.41) is 0. The number of ether oxygens (including phenoxy) is 2. The number of halogens is 1. The minimum Gasteiger partial charge on any atom is -0.423 e. The van der Waals surface area contributed by atoms with E-state index < -0.39 is 23.2 Å². The van der Waals surface area contributed by atoms with Crippen molar-refractivity contribution in [2.75, 3.05) is 0 Å². The quantitative estimate of drug-likeness (QED) is 0.443. The van der Waals surface area contributed by atoms with Crippen molar-refractivity contribution in [2.24, 2.45) is 5.41 Å². The summed E-state index contributed by atoms with van der Waals surface area (Å²) in [6.07, 6.45) is 0. The van der Waals surface area contributed by atoms with Crippen LogP contribution in [0, 0.1) is 11.2 Å². The van der Waals surface area contributed by atoms with Crippen molar-refractivity contribution in [1.29, 1.82) is 0 Å². The summed E-state index contributed by atoms with van der Waals surface area (Å²) in [5.74, 6) is -1.38. The van der Waals surface area contributed by atoms with Crippen LogP contribution in [0.2, 0.25) is 0 Å². The third kappa shape index (κ3) is 4.79. The van der Waals surface area contributed by atoms with E-state index in [4.69, 9.17) is 9.47 Å². The van der Waals surface area contributed by atoms with E-state index in [9.17, 15) is 14.0 Å². The number of benzene rings is 2. The fourth-order valence-corrected chi connectivity index (χ4v) is 1.93. The molecule has 0 atom stereocenters. The van der Waals surface area contributed by atoms with Crippen LogP contribution in [0.3, 0.4) is 0 Å². The van der Waals surface area contributed by atoms with Crippen LogP contribution < -0.4 is 9.47 Å². The molecule has 5 heteroatoms. The topological polar surface area (TPSA) is 52.6 Å². The molecule has 0 aliphatic heterocycles. The second kappa shape index (κ2) is 7.52. The van der Waals surface area contributed by atoms with Gasteiger partial charge in [0.1, 0.15) is 5.75 Å². The lowest BCUT2D eigenvalue weighted by Gasteiger charge is -2.16. The molecule has 0 amide bonds. The predicted molar refractivity (Wildman–Crippen MR) is 97.4 cm³/mol. The number of hydrogen-bond acceptors (Lipinski definition) is 4. The first kappa shape index (κ1) is 19.4. The highest BCUT2D eigenvalue weighted by atomic mass is 19.1. The van der Waals surface area contributed by atoms with Gasteiger partial charge in [-0.05, 0) is 63.1 Å². The first-order valence-corrected chi connectivity index (χ1v) is 8.08. The summed E-state index contributed by atoms with van der Waals surface area (Å²) in [7, 11) is 0. The van der Waals surface area contributed by atoms with Gasteiger partial charge in [-0.15, -0.1) is 0 Å². The molecule has 2 aromatic rings. The Balaban J connectivity index is 2.17. The number of carbonyl (C=O) groups excluding carboxylic acids is 2. The van der Waals surface area contributed by atoms with Crippen molar-refractivity contribution in [1.82, 2.24) is 0 Å². The molecule has 0 unspecified atom stereocenters. The van der Waals surface area contributed by atoms with Crippen LogP contribution >= 0.6 is 0 Å². The second-order valence-corrected chi connectivity index (χ2v) is 6.98. The minimum absolute atomic E-state index is 0.110. The molecule has 0 bridgehead atoms. The molecular formula is C21H21FO4. The van der Waals surface area contributed by atoms with Crippen LogP contribution in [-0.4, -0.2) is 11.9 Å². The third-order valence-electron chi connectivity index (χ3n) is 3.49. The van der Waals surface area contributed by atoms with E-state index in [2.05, 4.69) is 6.58 Å². The van der Waals surface area contributed by atoms with E-state index in [0.29, 0.717) is 16.9 Å². The molecule has 0 spiro atoms. The van der Waals surface area contributed by atoms with Crippen molar-refractivity contribution >= 4 is 11.9 Å². The second-order valence-electron chi connectivity index (χ2n) is 6.98. The molecule has 136 valence electrons. The number of carbonyl (C=O) groups is 2. The van der Waals surface area contributed by atoms with Gasteiger partial charge in [0.2, 0.25) is 0 Å². The standard InChI is InChI=1S/C21H21FO4/c1-13(2)19(23)25-16-9-6-14(7-10-16)15-8-11-18(17(22)12-15)26-20(24)21(3,4)5/h6-12H,1H2,2-5H3. The van der Waals surface area contributed by atoms with Crippen molar-refractivity contribution in [3.63, 3.8) is 0 Å². The largest absolute Gasteiger partial charge is 0.423 e. The van der Waals surface area contributed by atoms with Gasteiger partial charge in [0.15, 0.2) is 11.6 Å². The highest BCUT2D eigenvalue weighted by molar-refractivity contribution is 5.88. The monoisotopic (exact) mass is 356 g/mol. The van der Waals surface area contributed by atoms with Gasteiger partial charge in [0, 0.05) is 5.57 Å². The summed E-state index contributed by atoms with van der Waals surface area (Å²) in [4.78, 5) is 23.4. The fourth-order valence-electron chi connectivity index (χ4n) is 1.93. The number of rotatable bonds is 4. The maximum atomic E-state index is 14.3. The average Bonchev–Trinajstić information content (AvgIpc) is 2.56. The molecule has 0 aromatic heterocycles. The lowest BCUT2D eigenvalue weighted by atomic mass is 9.97. The molecule has 2 rings (SSSR count). The maximum absolute atomic E-state index is 14.3. The summed E-state index contributed by atoms with van der Waals surface area (Å²) in [6, 6.07) is 11.0. The molecule has 26 heavy (non-hydrogen) atoms. The molecule has 0 saturated carbocycles. The summed E-state index contributed by atoms with van der Waals surface area (Å²) in [6.45, 7) is 10.2. The van der Waals surface area contributed by atoms with Crippen molar-refractivity contribution in [3.8, 4) is 22.6 Å². The Morgan fingerprint density at radius 1 is 0.962 bits per heavy atom. The molecule has 0 heterocycles. The van der Waals surface area contributed by atoms with Crippen LogP contribution in [0.1, 0.15) is 27.7 Å². The normalized spacial score (nSPS) is 11.0. The smallest absolute Gasteiger partial charge is 0.338 e. The van der Waals surface area contributed by atoms with Gasteiger partial charge in [-0.3, -0.25) is 4.79 Å². The Morgan fingerprint density at radius 3 is 2.04 bits per heavy atom. The lowest BCUT2D eigenvalue weighted by molar-refractivity contribution is -0.143. The average molecular weight is 356 g/mol. The molecule has 0 radical (unpaired) electrons. The first-order chi connectivity index (χ1) is 12.1. The Kier molecular flexibility index (Phi) is 5.60. The number of esters is 2. The summed E-state index contributed by atoms with van der Waals surface area (Å²) in [5.41, 5.74) is 0.919. The summed E-state index contributed by atoms with van der Waals surface area (Å²) < 4.78 is 24.5. The molecule has 0 aliphatic rings. The fraction of sp³-hybridized carbons (Fsp3) is 0.238. The van der Waals surface area contributed by atoms with Crippen LogP contribution in [0.5, 0.6) is 11.5 Å². The van der Waals surface area contributed by atoms with Crippen LogP contribution in [0.4, 0.5) is 4.39 Å². The zero-order chi connectivity index (χ0) is 19.5. The Bertz CT molecular complexity index is 845. The zero-order valence-corrected chi connectivity index (χ0v) is 15.3. The van der Waals surface area contributed by atoms with E-state index in [1.807, 2.05) is 0 Å². The molecule has 0 saturated heterocycles. The minimum atomic E-state index is -0.720. The lowest BCUT2D eigenvalue weighted by Crippen LogP contribution is -2.25. The SMILES string of the molecule is C=C(C)C(=O)Oc1ccc(-c2ccc(OC(=O)C(C)(C)C)c(F)c2)cc1. The zero-order valence-electron chi connectivity index (χ0n) is 15.3. The molecule has 2 aromatic carbocycles. The van der Waals surface area contributed by atoms with Gasteiger partial charge in [-0.1, -0.05) is 24.8 Å². The van der Waals surface area contributed by atoms with Gasteiger partial charge in [0.05, 0.1) is 5.41 Å². The van der Waals surface area contributed by atoms with Gasteiger partial charge in [0.25, 0.3) is 0 Å². The number of hydrogen-bond donors (Lipinski definition) is 0. The van der Waals surface area contributed by atoms with Gasteiger partial charge in [-0.25, -0.2) is 9.18 Å². The van der Waals surface area contributed by atoms with E-state index in [1.54, 1.807) is 58.0 Å². The van der Waals surface area contributed by atoms with E-state index in [1.165, 1.54) is 12.1 Å². The Hall–Kier alpha value is -2.95. The molecule has 0 aliphatic carbocycles. The van der Waals surface area contributed by atoms with Gasteiger partial charge < -0.3 is 9.47 Å². The summed E-state index contributed by atoms with van der Waals surface area (Å²) >= 11 is 0. The predicted octanol–water partition coefficient (Wildman–Crippen LogP) is 4.93. The van der Waals surface area contributed by atoms with E-state index in [-0.39, 0.29) is 5.75 Å². The van der Waals surface area contributed by atoms with Crippen LogP contribution in [0.25, 0.3) is 11.1 Å². The Morgan fingerprint density at radius 2 is 1.54 bits per heavy atom. The highest BCUT2D eigenvalue weighted by Gasteiger charge is 2.24. The molecule has 0 fully saturated rings. The van der Waals surface area contributed by atoms with Crippen molar-refractivity contribution < 1.29 is 23.5 Å². The molecular weight excluding hydrogens is 335 g/mol. The van der Waals surface area contributed by atoms with Gasteiger partial charge >= 0.3 is 11.9 Å². The maximum Gasteiger partial charge on any atom is 0.338 e. The van der Waals surface area contributed by atoms with Crippen LogP contribution in [0.15, 0.2) is 54.6 Å². The first-order valence-electron chi connectivity index (χ1n) is 8.08.